The van der Waals surface area contributed by atoms with Gasteiger partial charge < -0.3 is 15.4 Å². The number of aliphatic imine (C=N–C) groups is 1. The van der Waals surface area contributed by atoms with Gasteiger partial charge in [0.05, 0.1) is 6.10 Å². The summed E-state index contributed by atoms with van der Waals surface area (Å²) < 4.78 is 5.89. The van der Waals surface area contributed by atoms with Crippen LogP contribution in [0.25, 0.3) is 0 Å². The van der Waals surface area contributed by atoms with E-state index in [0.29, 0.717) is 24.0 Å². The van der Waals surface area contributed by atoms with Crippen LogP contribution in [-0.2, 0) is 4.74 Å². The minimum atomic E-state index is 0.177. The van der Waals surface area contributed by atoms with Crippen LogP contribution in [0, 0.1) is 11.3 Å². The minimum Gasteiger partial charge on any atom is -0.377 e. The zero-order chi connectivity index (χ0) is 16.4. The van der Waals surface area contributed by atoms with Gasteiger partial charge in [-0.2, -0.15) is 11.3 Å². The fraction of sp³-hybridized carbons (Fsp3) is 0.722. The van der Waals surface area contributed by atoms with Crippen molar-refractivity contribution in [3.05, 3.63) is 22.4 Å². The number of hydrogen-bond acceptors (Lipinski definition) is 3. The van der Waals surface area contributed by atoms with Crippen LogP contribution in [0.3, 0.4) is 0 Å². The number of ether oxygens (including phenoxy) is 1. The van der Waals surface area contributed by atoms with Crippen LogP contribution < -0.4 is 10.6 Å². The summed E-state index contributed by atoms with van der Waals surface area (Å²) in [5.74, 6) is 2.02. The van der Waals surface area contributed by atoms with Crippen molar-refractivity contribution in [1.29, 1.82) is 0 Å². The molecule has 2 fully saturated rings. The van der Waals surface area contributed by atoms with E-state index in [1.807, 2.05) is 0 Å². The second-order valence-corrected chi connectivity index (χ2v) is 8.14. The smallest absolute Gasteiger partial charge is 0.191 e. The molecule has 0 aromatic carbocycles. The van der Waals surface area contributed by atoms with Gasteiger partial charge in [-0.15, -0.1) is 0 Å². The summed E-state index contributed by atoms with van der Waals surface area (Å²) in [4.78, 5) is 4.83. The lowest BCUT2D eigenvalue weighted by Gasteiger charge is -2.54. The molecule has 1 aliphatic heterocycles. The zero-order valence-corrected chi connectivity index (χ0v) is 15.5. The number of rotatable bonds is 5. The molecule has 3 rings (SSSR count). The third kappa shape index (κ3) is 3.26. The first-order chi connectivity index (χ1) is 11.0. The van der Waals surface area contributed by atoms with Gasteiger partial charge >= 0.3 is 0 Å². The highest BCUT2D eigenvalue weighted by molar-refractivity contribution is 7.07. The summed E-state index contributed by atoms with van der Waals surface area (Å²) in [6, 6.07) is 2.64. The summed E-state index contributed by atoms with van der Waals surface area (Å²) >= 11 is 1.75. The van der Waals surface area contributed by atoms with Crippen LogP contribution in [0.4, 0.5) is 0 Å². The van der Waals surface area contributed by atoms with Crippen molar-refractivity contribution < 1.29 is 4.74 Å². The van der Waals surface area contributed by atoms with Gasteiger partial charge in [-0.05, 0) is 35.7 Å². The monoisotopic (exact) mass is 335 g/mol. The fourth-order valence-electron chi connectivity index (χ4n) is 3.97. The number of fused-ring (bicyclic) bond motifs is 1. The molecule has 1 aliphatic carbocycles. The Hall–Kier alpha value is -1.07. The van der Waals surface area contributed by atoms with Crippen molar-refractivity contribution in [2.45, 2.75) is 52.2 Å². The molecule has 2 aliphatic rings. The van der Waals surface area contributed by atoms with Crippen LogP contribution in [0.15, 0.2) is 21.8 Å². The van der Waals surface area contributed by atoms with Crippen LogP contribution in [-0.4, -0.2) is 37.8 Å². The van der Waals surface area contributed by atoms with Crippen LogP contribution in [0.1, 0.15) is 45.6 Å². The van der Waals surface area contributed by atoms with Crippen molar-refractivity contribution in [1.82, 2.24) is 10.6 Å². The topological polar surface area (TPSA) is 45.7 Å². The number of hydrogen-bond donors (Lipinski definition) is 2. The van der Waals surface area contributed by atoms with Crippen molar-refractivity contribution in [3.8, 4) is 0 Å². The molecule has 1 aromatic rings. The highest BCUT2D eigenvalue weighted by atomic mass is 32.1. The normalized spacial score (nSPS) is 30.4. The first-order valence-electron chi connectivity index (χ1n) is 8.72. The maximum atomic E-state index is 5.89. The molecule has 4 atom stereocenters. The molecule has 0 spiro atoms. The molecule has 5 heteroatoms. The van der Waals surface area contributed by atoms with E-state index in [4.69, 9.17) is 9.73 Å². The molecule has 2 heterocycles. The van der Waals surface area contributed by atoms with E-state index in [1.54, 1.807) is 11.3 Å². The Morgan fingerprint density at radius 2 is 2.35 bits per heavy atom. The molecular formula is C18H29N3OS. The summed E-state index contributed by atoms with van der Waals surface area (Å²) in [6.07, 6.45) is 1.57. The molecular weight excluding hydrogens is 306 g/mol. The van der Waals surface area contributed by atoms with Gasteiger partial charge in [0.15, 0.2) is 5.96 Å². The van der Waals surface area contributed by atoms with Crippen molar-refractivity contribution in [2.24, 2.45) is 16.3 Å². The molecule has 1 aromatic heterocycles. The maximum absolute atomic E-state index is 5.89. The minimum absolute atomic E-state index is 0.177. The van der Waals surface area contributed by atoms with Gasteiger partial charge in [-0.1, -0.05) is 20.8 Å². The zero-order valence-electron chi connectivity index (χ0n) is 14.6. The standard InChI is InChI=1S/C18H29N3OS/c1-5-19-17(20-10-12(2)13-7-9-23-11-13)21-15-14-6-8-22-16(14)18(15,3)4/h7,9,11-12,14-16H,5-6,8,10H2,1-4H3,(H2,19,20,21). The number of nitrogens with zero attached hydrogens (tertiary/aromatic N) is 1. The Balaban J connectivity index is 1.63. The third-order valence-electron chi connectivity index (χ3n) is 5.37. The molecule has 4 nitrogen and oxygen atoms in total. The van der Waals surface area contributed by atoms with E-state index < -0.39 is 0 Å². The quantitative estimate of drug-likeness (QED) is 0.641. The molecule has 4 unspecified atom stereocenters. The molecule has 0 radical (unpaired) electrons. The predicted octanol–water partition coefficient (Wildman–Crippen LogP) is 3.22. The second-order valence-electron chi connectivity index (χ2n) is 7.36. The maximum Gasteiger partial charge on any atom is 0.191 e. The molecule has 1 saturated heterocycles. The molecule has 1 saturated carbocycles. The van der Waals surface area contributed by atoms with Crippen molar-refractivity contribution in [2.75, 3.05) is 19.7 Å². The first kappa shape index (κ1) is 16.8. The van der Waals surface area contributed by atoms with Crippen molar-refractivity contribution in [3.63, 3.8) is 0 Å². The van der Waals surface area contributed by atoms with E-state index in [-0.39, 0.29) is 5.41 Å². The molecule has 2 N–H and O–H groups in total. The largest absolute Gasteiger partial charge is 0.377 e. The molecule has 0 amide bonds. The van der Waals surface area contributed by atoms with Gasteiger partial charge in [-0.3, -0.25) is 4.99 Å². The van der Waals surface area contributed by atoms with E-state index in [1.165, 1.54) is 5.56 Å². The van der Waals surface area contributed by atoms with Gasteiger partial charge in [0, 0.05) is 43.0 Å². The molecule has 0 bridgehead atoms. The first-order valence-corrected chi connectivity index (χ1v) is 9.66. The summed E-state index contributed by atoms with van der Waals surface area (Å²) in [5, 5.41) is 11.4. The van der Waals surface area contributed by atoms with Gasteiger partial charge in [0.2, 0.25) is 0 Å². The molecule has 23 heavy (non-hydrogen) atoms. The lowest BCUT2D eigenvalue weighted by atomic mass is 9.57. The summed E-state index contributed by atoms with van der Waals surface area (Å²) in [5.41, 5.74) is 1.55. The van der Waals surface area contributed by atoms with Crippen LogP contribution in [0.5, 0.6) is 0 Å². The summed E-state index contributed by atoms with van der Waals surface area (Å²) in [6.45, 7) is 11.6. The number of thiophene rings is 1. The van der Waals surface area contributed by atoms with Gasteiger partial charge in [-0.25, -0.2) is 0 Å². The van der Waals surface area contributed by atoms with E-state index in [2.05, 4.69) is 55.2 Å². The van der Waals surface area contributed by atoms with E-state index in [0.717, 1.165) is 32.1 Å². The average molecular weight is 336 g/mol. The predicted molar refractivity (Wildman–Crippen MR) is 97.3 cm³/mol. The lowest BCUT2D eigenvalue weighted by Crippen LogP contribution is -2.68. The highest BCUT2D eigenvalue weighted by Crippen LogP contribution is 2.52. The number of nitrogens with one attached hydrogen (secondary N) is 2. The lowest BCUT2D eigenvalue weighted by molar-refractivity contribution is -0.106. The Bertz CT molecular complexity index is 540. The Kier molecular flexibility index (Phi) is 4.97. The Morgan fingerprint density at radius 3 is 3.04 bits per heavy atom. The SMILES string of the molecule is CCNC(=NCC(C)c1ccsc1)NC1C2CCOC2C1(C)C. The third-order valence-corrected chi connectivity index (χ3v) is 6.07. The van der Waals surface area contributed by atoms with Crippen molar-refractivity contribution >= 4 is 17.3 Å². The Morgan fingerprint density at radius 1 is 1.52 bits per heavy atom. The van der Waals surface area contributed by atoms with Gasteiger partial charge in [0.1, 0.15) is 0 Å². The second kappa shape index (κ2) is 6.81. The van der Waals surface area contributed by atoms with Crippen LogP contribution >= 0.6 is 11.3 Å². The average Bonchev–Trinajstić information content (AvgIpc) is 3.19. The molecule has 128 valence electrons. The Labute approximate surface area is 143 Å². The van der Waals surface area contributed by atoms with E-state index in [9.17, 15) is 0 Å². The number of guanidine groups is 1. The summed E-state index contributed by atoms with van der Waals surface area (Å²) in [7, 11) is 0. The van der Waals surface area contributed by atoms with Gasteiger partial charge in [0.25, 0.3) is 0 Å². The van der Waals surface area contributed by atoms with E-state index >= 15 is 0 Å². The fourth-order valence-corrected chi connectivity index (χ4v) is 4.76. The highest BCUT2D eigenvalue weighted by Gasteiger charge is 2.59. The van der Waals surface area contributed by atoms with Crippen LogP contribution in [0.2, 0.25) is 0 Å².